The predicted molar refractivity (Wildman–Crippen MR) is 74.0 cm³/mol. The second kappa shape index (κ2) is 7.33. The third-order valence-electron chi connectivity index (χ3n) is 3.37. The quantitative estimate of drug-likeness (QED) is 0.804. The molecule has 110 valence electrons. The minimum absolute atomic E-state index is 0.0314. The molecule has 0 saturated carbocycles. The normalized spacial score (nSPS) is 19.4. The van der Waals surface area contributed by atoms with Crippen molar-refractivity contribution in [1.29, 1.82) is 0 Å². The third-order valence-corrected chi connectivity index (χ3v) is 3.37. The van der Waals surface area contributed by atoms with Crippen LogP contribution in [0.15, 0.2) is 24.5 Å². The summed E-state index contributed by atoms with van der Waals surface area (Å²) in [7, 11) is 1.91. The van der Waals surface area contributed by atoms with Crippen LogP contribution in [0.5, 0.6) is 0 Å². The number of hydrogen-bond acceptors (Lipinski definition) is 5. The fourth-order valence-corrected chi connectivity index (χ4v) is 2.31. The molecule has 1 aliphatic heterocycles. The van der Waals surface area contributed by atoms with Crippen molar-refractivity contribution in [3.8, 4) is 0 Å². The van der Waals surface area contributed by atoms with Crippen LogP contribution in [0.1, 0.15) is 5.56 Å². The Labute approximate surface area is 119 Å². The van der Waals surface area contributed by atoms with Crippen LogP contribution in [0.2, 0.25) is 0 Å². The van der Waals surface area contributed by atoms with Gasteiger partial charge in [0.25, 0.3) is 0 Å². The van der Waals surface area contributed by atoms with E-state index in [2.05, 4.69) is 4.98 Å². The van der Waals surface area contributed by atoms with Crippen molar-refractivity contribution in [2.75, 3.05) is 40.0 Å². The summed E-state index contributed by atoms with van der Waals surface area (Å²) < 4.78 is 5.28. The van der Waals surface area contributed by atoms with E-state index in [1.165, 1.54) is 0 Å². The molecule has 1 amide bonds. The van der Waals surface area contributed by atoms with E-state index < -0.39 is 0 Å². The average molecular weight is 279 g/mol. The number of aromatic nitrogens is 1. The number of hydrogen-bond donors (Lipinski definition) is 1. The van der Waals surface area contributed by atoms with Gasteiger partial charge in [0.1, 0.15) is 0 Å². The largest absolute Gasteiger partial charge is 0.394 e. The Balaban J connectivity index is 1.86. The van der Waals surface area contributed by atoms with Crippen LogP contribution in [0, 0.1) is 0 Å². The van der Waals surface area contributed by atoms with Crippen LogP contribution in [0.4, 0.5) is 0 Å². The average Bonchev–Trinajstić information content (AvgIpc) is 2.48. The number of amides is 1. The summed E-state index contributed by atoms with van der Waals surface area (Å²) >= 11 is 0. The number of morpholine rings is 1. The van der Waals surface area contributed by atoms with Gasteiger partial charge in [-0.05, 0) is 24.7 Å². The Morgan fingerprint density at radius 3 is 3.00 bits per heavy atom. The molecule has 2 heterocycles. The summed E-state index contributed by atoms with van der Waals surface area (Å²) in [6.45, 7) is 2.47. The lowest BCUT2D eigenvalue weighted by Gasteiger charge is -2.35. The molecule has 6 heteroatoms. The van der Waals surface area contributed by atoms with Crippen LogP contribution in [0.25, 0.3) is 0 Å². The van der Waals surface area contributed by atoms with E-state index in [1.54, 1.807) is 17.3 Å². The molecule has 1 fully saturated rings. The highest BCUT2D eigenvalue weighted by atomic mass is 16.5. The van der Waals surface area contributed by atoms with Gasteiger partial charge in [-0.3, -0.25) is 14.7 Å². The molecule has 0 aliphatic carbocycles. The molecular formula is C14H21N3O3. The van der Waals surface area contributed by atoms with Gasteiger partial charge in [-0.25, -0.2) is 0 Å². The standard InChI is InChI=1S/C14H21N3O3/c1-16(8-12-2-4-15-5-3-12)9-14(19)17-6-7-20-11-13(17)10-18/h2-5,13,18H,6-11H2,1H3/t13-/m1/s1. The van der Waals surface area contributed by atoms with E-state index in [-0.39, 0.29) is 18.6 Å². The van der Waals surface area contributed by atoms with Crippen molar-refractivity contribution >= 4 is 5.91 Å². The van der Waals surface area contributed by atoms with Crippen LogP contribution in [-0.4, -0.2) is 71.8 Å². The minimum atomic E-state index is -0.217. The van der Waals surface area contributed by atoms with Crippen LogP contribution < -0.4 is 0 Å². The Morgan fingerprint density at radius 1 is 1.55 bits per heavy atom. The SMILES string of the molecule is CN(CC(=O)N1CCOC[C@H]1CO)Cc1ccncc1. The molecule has 0 bridgehead atoms. The number of carbonyl (C=O) groups is 1. The van der Waals surface area contributed by atoms with Gasteiger partial charge >= 0.3 is 0 Å². The van der Waals surface area contributed by atoms with Gasteiger partial charge in [0.15, 0.2) is 0 Å². The van der Waals surface area contributed by atoms with Crippen LogP contribution >= 0.6 is 0 Å². The monoisotopic (exact) mass is 279 g/mol. The summed E-state index contributed by atoms with van der Waals surface area (Å²) in [6, 6.07) is 3.66. The Bertz CT molecular complexity index is 427. The molecule has 1 aromatic heterocycles. The highest BCUT2D eigenvalue weighted by molar-refractivity contribution is 5.78. The molecule has 0 unspecified atom stereocenters. The molecule has 0 spiro atoms. The number of carbonyl (C=O) groups excluding carboxylic acids is 1. The molecule has 20 heavy (non-hydrogen) atoms. The fourth-order valence-electron chi connectivity index (χ4n) is 2.31. The molecule has 1 aromatic rings. The van der Waals surface area contributed by atoms with Crippen molar-refractivity contribution in [1.82, 2.24) is 14.8 Å². The number of aliphatic hydroxyl groups excluding tert-OH is 1. The molecule has 1 aliphatic rings. The van der Waals surface area contributed by atoms with E-state index in [0.29, 0.717) is 32.8 Å². The summed E-state index contributed by atoms with van der Waals surface area (Å²) in [4.78, 5) is 19.9. The topological polar surface area (TPSA) is 65.9 Å². The van der Waals surface area contributed by atoms with Gasteiger partial charge in [0.05, 0.1) is 32.4 Å². The zero-order valence-corrected chi connectivity index (χ0v) is 11.7. The number of likely N-dealkylation sites (N-methyl/N-ethyl adjacent to an activating group) is 1. The molecular weight excluding hydrogens is 258 g/mol. The minimum Gasteiger partial charge on any atom is -0.394 e. The van der Waals surface area contributed by atoms with Gasteiger partial charge in [0.2, 0.25) is 5.91 Å². The smallest absolute Gasteiger partial charge is 0.237 e. The molecule has 1 saturated heterocycles. The Kier molecular flexibility index (Phi) is 5.46. The van der Waals surface area contributed by atoms with Gasteiger partial charge in [0, 0.05) is 25.5 Å². The highest BCUT2D eigenvalue weighted by Crippen LogP contribution is 2.08. The first-order chi connectivity index (χ1) is 9.70. The van der Waals surface area contributed by atoms with E-state index in [0.717, 1.165) is 5.56 Å². The van der Waals surface area contributed by atoms with E-state index >= 15 is 0 Å². The number of pyridine rings is 1. The highest BCUT2D eigenvalue weighted by Gasteiger charge is 2.27. The van der Waals surface area contributed by atoms with Crippen molar-refractivity contribution in [3.63, 3.8) is 0 Å². The van der Waals surface area contributed by atoms with E-state index in [1.807, 2.05) is 24.1 Å². The summed E-state index contributed by atoms with van der Waals surface area (Å²) in [5.74, 6) is 0.0314. The fraction of sp³-hybridized carbons (Fsp3) is 0.571. The van der Waals surface area contributed by atoms with Crippen molar-refractivity contribution < 1.29 is 14.6 Å². The third kappa shape index (κ3) is 4.00. The van der Waals surface area contributed by atoms with Crippen molar-refractivity contribution in [2.24, 2.45) is 0 Å². The summed E-state index contributed by atoms with van der Waals surface area (Å²) in [5, 5.41) is 9.29. The molecule has 2 rings (SSSR count). The number of aliphatic hydroxyl groups is 1. The summed E-state index contributed by atoms with van der Waals surface area (Å²) in [6.07, 6.45) is 3.49. The van der Waals surface area contributed by atoms with Gasteiger partial charge < -0.3 is 14.7 Å². The van der Waals surface area contributed by atoms with Crippen molar-refractivity contribution in [2.45, 2.75) is 12.6 Å². The van der Waals surface area contributed by atoms with Crippen molar-refractivity contribution in [3.05, 3.63) is 30.1 Å². The first kappa shape index (κ1) is 14.9. The second-order valence-electron chi connectivity index (χ2n) is 5.03. The Hall–Kier alpha value is -1.50. The molecule has 1 atom stereocenters. The van der Waals surface area contributed by atoms with Gasteiger partial charge in [-0.1, -0.05) is 0 Å². The molecule has 6 nitrogen and oxygen atoms in total. The maximum Gasteiger partial charge on any atom is 0.237 e. The van der Waals surface area contributed by atoms with Gasteiger partial charge in [-0.15, -0.1) is 0 Å². The van der Waals surface area contributed by atoms with Crippen LogP contribution in [0.3, 0.4) is 0 Å². The maximum atomic E-state index is 12.3. The van der Waals surface area contributed by atoms with E-state index in [9.17, 15) is 9.90 Å². The van der Waals surface area contributed by atoms with Crippen LogP contribution in [-0.2, 0) is 16.1 Å². The Morgan fingerprint density at radius 2 is 2.30 bits per heavy atom. The zero-order valence-electron chi connectivity index (χ0n) is 11.7. The molecule has 1 N–H and O–H groups in total. The second-order valence-corrected chi connectivity index (χ2v) is 5.03. The number of nitrogens with zero attached hydrogens (tertiary/aromatic N) is 3. The predicted octanol–water partition coefficient (Wildman–Crippen LogP) is -0.267. The summed E-state index contributed by atoms with van der Waals surface area (Å²) in [5.41, 5.74) is 1.12. The number of rotatable bonds is 5. The zero-order chi connectivity index (χ0) is 14.4. The number of ether oxygens (including phenoxy) is 1. The lowest BCUT2D eigenvalue weighted by atomic mass is 10.2. The first-order valence-electron chi connectivity index (χ1n) is 6.76. The molecule has 0 radical (unpaired) electrons. The lowest BCUT2D eigenvalue weighted by Crippen LogP contribution is -2.52. The lowest BCUT2D eigenvalue weighted by molar-refractivity contribution is -0.142. The molecule has 0 aromatic carbocycles. The first-order valence-corrected chi connectivity index (χ1v) is 6.76. The maximum absolute atomic E-state index is 12.3. The van der Waals surface area contributed by atoms with E-state index in [4.69, 9.17) is 4.74 Å². The van der Waals surface area contributed by atoms with Gasteiger partial charge in [-0.2, -0.15) is 0 Å².